The lowest BCUT2D eigenvalue weighted by Gasteiger charge is -2.17. The second-order valence-corrected chi connectivity index (χ2v) is 5.02. The molecule has 3 heteroatoms. The molecule has 3 nitrogen and oxygen atoms in total. The molecule has 0 saturated heterocycles. The Balaban J connectivity index is 1.59. The van der Waals surface area contributed by atoms with E-state index in [1.165, 1.54) is 16.7 Å². The molecule has 1 aliphatic rings. The van der Waals surface area contributed by atoms with Gasteiger partial charge in [0, 0.05) is 5.69 Å². The summed E-state index contributed by atoms with van der Waals surface area (Å²) in [6.07, 6.45) is -0.220. The van der Waals surface area contributed by atoms with Gasteiger partial charge in [0.15, 0.2) is 6.29 Å². The van der Waals surface area contributed by atoms with Crippen molar-refractivity contribution in [2.24, 2.45) is 0 Å². The third-order valence-electron chi connectivity index (χ3n) is 3.57. The van der Waals surface area contributed by atoms with E-state index >= 15 is 0 Å². The van der Waals surface area contributed by atoms with Gasteiger partial charge in [-0.3, -0.25) is 0 Å². The fourth-order valence-corrected chi connectivity index (χ4v) is 2.34. The third-order valence-corrected chi connectivity index (χ3v) is 3.57. The Morgan fingerprint density at radius 2 is 1.55 bits per heavy atom. The van der Waals surface area contributed by atoms with Crippen molar-refractivity contribution in [1.29, 1.82) is 0 Å². The molecule has 0 fully saturated rings. The zero-order chi connectivity index (χ0) is 13.8. The smallest absolute Gasteiger partial charge is 0.175 e. The summed E-state index contributed by atoms with van der Waals surface area (Å²) in [4.78, 5) is 0. The lowest BCUT2D eigenvalue weighted by Crippen LogP contribution is -2.24. The number of hydrogen-bond acceptors (Lipinski definition) is 3. The van der Waals surface area contributed by atoms with E-state index in [9.17, 15) is 0 Å². The molecule has 0 unspecified atom stereocenters. The topological polar surface area (TPSA) is 30.5 Å². The van der Waals surface area contributed by atoms with Gasteiger partial charge in [-0.15, -0.1) is 0 Å². The summed E-state index contributed by atoms with van der Waals surface area (Å²) >= 11 is 0. The summed E-state index contributed by atoms with van der Waals surface area (Å²) in [6.45, 7) is 3.96. The average molecular weight is 269 g/mol. The Hall–Kier alpha value is -1.84. The summed E-state index contributed by atoms with van der Waals surface area (Å²) in [7, 11) is 0. The van der Waals surface area contributed by atoms with Crippen LogP contribution in [0.1, 0.15) is 16.7 Å². The zero-order valence-corrected chi connectivity index (χ0v) is 11.6. The Morgan fingerprint density at radius 1 is 0.950 bits per heavy atom. The molecular weight excluding hydrogens is 250 g/mol. The molecule has 2 aromatic rings. The Kier molecular flexibility index (Phi) is 4.00. The van der Waals surface area contributed by atoms with E-state index in [2.05, 4.69) is 36.5 Å². The van der Waals surface area contributed by atoms with Crippen LogP contribution >= 0.6 is 0 Å². The summed E-state index contributed by atoms with van der Waals surface area (Å²) < 4.78 is 11.6. The van der Waals surface area contributed by atoms with E-state index < -0.39 is 0 Å². The number of ether oxygens (including phenoxy) is 2. The summed E-state index contributed by atoms with van der Waals surface area (Å²) in [6, 6.07) is 16.5. The molecule has 0 saturated carbocycles. The molecule has 1 N–H and O–H groups in total. The van der Waals surface area contributed by atoms with E-state index in [1.54, 1.807) is 0 Å². The highest BCUT2D eigenvalue weighted by molar-refractivity contribution is 5.50. The third kappa shape index (κ3) is 3.00. The molecule has 0 bridgehead atoms. The number of para-hydroxylation sites is 1. The van der Waals surface area contributed by atoms with Crippen molar-refractivity contribution in [2.75, 3.05) is 11.9 Å². The Morgan fingerprint density at radius 3 is 2.20 bits per heavy atom. The predicted molar refractivity (Wildman–Crippen MR) is 79.5 cm³/mol. The van der Waals surface area contributed by atoms with Gasteiger partial charge in [-0.2, -0.15) is 0 Å². The zero-order valence-electron chi connectivity index (χ0n) is 11.6. The van der Waals surface area contributed by atoms with Crippen molar-refractivity contribution in [3.8, 4) is 0 Å². The van der Waals surface area contributed by atoms with Crippen LogP contribution in [0.25, 0.3) is 0 Å². The van der Waals surface area contributed by atoms with Crippen LogP contribution in [0.5, 0.6) is 0 Å². The van der Waals surface area contributed by atoms with Crippen LogP contribution < -0.4 is 5.32 Å². The van der Waals surface area contributed by atoms with Crippen molar-refractivity contribution >= 4 is 5.69 Å². The van der Waals surface area contributed by atoms with Crippen molar-refractivity contribution in [3.05, 3.63) is 65.2 Å². The fraction of sp³-hybridized carbons (Fsp3) is 0.294. The molecule has 0 radical (unpaired) electrons. The van der Waals surface area contributed by atoms with E-state index in [-0.39, 0.29) is 6.29 Å². The monoisotopic (exact) mass is 269 g/mol. The largest absolute Gasteiger partial charge is 0.380 e. The van der Waals surface area contributed by atoms with E-state index in [0.717, 1.165) is 5.69 Å². The number of benzene rings is 2. The second kappa shape index (κ2) is 6.07. The number of anilines is 1. The minimum Gasteiger partial charge on any atom is -0.380 e. The minimum atomic E-state index is -0.220. The number of fused-ring (bicyclic) bond motifs is 1. The maximum Gasteiger partial charge on any atom is 0.175 e. The first kappa shape index (κ1) is 13.2. The minimum absolute atomic E-state index is 0.220. The molecule has 20 heavy (non-hydrogen) atoms. The number of hydrogen-bond donors (Lipinski definition) is 1. The highest BCUT2D eigenvalue weighted by atomic mass is 16.7. The van der Waals surface area contributed by atoms with Crippen molar-refractivity contribution < 1.29 is 9.47 Å². The van der Waals surface area contributed by atoms with Crippen LogP contribution in [-0.2, 0) is 22.7 Å². The van der Waals surface area contributed by atoms with Gasteiger partial charge in [0.05, 0.1) is 19.8 Å². The molecule has 1 aliphatic heterocycles. The quantitative estimate of drug-likeness (QED) is 0.925. The van der Waals surface area contributed by atoms with Crippen LogP contribution in [0.3, 0.4) is 0 Å². The van der Waals surface area contributed by atoms with Crippen molar-refractivity contribution in [1.82, 2.24) is 0 Å². The first-order valence-electron chi connectivity index (χ1n) is 6.92. The van der Waals surface area contributed by atoms with Gasteiger partial charge in [-0.25, -0.2) is 0 Å². The fourth-order valence-electron chi connectivity index (χ4n) is 2.34. The maximum absolute atomic E-state index is 5.81. The highest BCUT2D eigenvalue weighted by Gasteiger charge is 2.16. The summed E-state index contributed by atoms with van der Waals surface area (Å²) in [5.41, 5.74) is 4.78. The first-order valence-corrected chi connectivity index (χ1v) is 6.92. The van der Waals surface area contributed by atoms with Gasteiger partial charge in [-0.1, -0.05) is 42.5 Å². The molecule has 0 spiro atoms. The van der Waals surface area contributed by atoms with Crippen LogP contribution in [0.15, 0.2) is 48.5 Å². The van der Waals surface area contributed by atoms with Crippen molar-refractivity contribution in [2.45, 2.75) is 26.4 Å². The molecule has 0 amide bonds. The highest BCUT2D eigenvalue weighted by Crippen LogP contribution is 2.19. The van der Waals surface area contributed by atoms with Gasteiger partial charge < -0.3 is 14.8 Å². The van der Waals surface area contributed by atoms with Gasteiger partial charge in [0.1, 0.15) is 0 Å². The molecule has 0 aliphatic carbocycles. The summed E-state index contributed by atoms with van der Waals surface area (Å²) in [5, 5.41) is 3.39. The molecule has 0 atom stereocenters. The number of rotatable bonds is 3. The predicted octanol–water partition coefficient (Wildman–Crippen LogP) is 3.48. The van der Waals surface area contributed by atoms with Crippen molar-refractivity contribution in [3.63, 3.8) is 0 Å². The summed E-state index contributed by atoms with van der Waals surface area (Å²) in [5.74, 6) is 0. The Bertz CT molecular complexity index is 556. The Labute approximate surface area is 119 Å². The van der Waals surface area contributed by atoms with E-state index in [0.29, 0.717) is 19.8 Å². The first-order chi connectivity index (χ1) is 9.83. The molecule has 1 heterocycles. The van der Waals surface area contributed by atoms with Crippen LogP contribution in [0.2, 0.25) is 0 Å². The van der Waals surface area contributed by atoms with E-state index in [1.807, 2.05) is 24.3 Å². The van der Waals surface area contributed by atoms with Gasteiger partial charge in [0.2, 0.25) is 0 Å². The number of aryl methyl sites for hydroxylation is 1. The van der Waals surface area contributed by atoms with Crippen LogP contribution in [0, 0.1) is 6.92 Å². The molecule has 104 valence electrons. The SMILES string of the molecule is Cc1ccccc1NCC1OCc2ccccc2CO1. The molecule has 3 rings (SSSR count). The number of nitrogens with one attached hydrogen (secondary N) is 1. The van der Waals surface area contributed by atoms with Crippen LogP contribution in [-0.4, -0.2) is 12.8 Å². The van der Waals surface area contributed by atoms with Gasteiger partial charge in [-0.05, 0) is 29.7 Å². The second-order valence-electron chi connectivity index (χ2n) is 5.02. The standard InChI is InChI=1S/C17H19NO2/c1-13-6-2-5-9-16(13)18-10-17-19-11-14-7-3-4-8-15(14)12-20-17/h2-9,17-18H,10-12H2,1H3. The van der Waals surface area contributed by atoms with Gasteiger partial charge >= 0.3 is 0 Å². The van der Waals surface area contributed by atoms with Gasteiger partial charge in [0.25, 0.3) is 0 Å². The maximum atomic E-state index is 5.81. The molecule has 0 aromatic heterocycles. The molecule has 2 aromatic carbocycles. The van der Waals surface area contributed by atoms with E-state index in [4.69, 9.17) is 9.47 Å². The average Bonchev–Trinajstić information content (AvgIpc) is 2.69. The lowest BCUT2D eigenvalue weighted by atomic mass is 10.1. The normalized spacial score (nSPS) is 15.4. The lowest BCUT2D eigenvalue weighted by molar-refractivity contribution is -0.139. The molecular formula is C17H19NO2. The van der Waals surface area contributed by atoms with Crippen LogP contribution in [0.4, 0.5) is 5.69 Å².